The number of carbonyl (C=O) groups is 1. The maximum absolute atomic E-state index is 13.5. The summed E-state index contributed by atoms with van der Waals surface area (Å²) in [6.45, 7) is 0.319. The van der Waals surface area contributed by atoms with Gasteiger partial charge in [0, 0.05) is 15.4 Å². The van der Waals surface area contributed by atoms with Crippen molar-refractivity contribution in [2.24, 2.45) is 0 Å². The third kappa shape index (κ3) is 3.10. The van der Waals surface area contributed by atoms with E-state index in [9.17, 15) is 13.6 Å². The number of carboxylic acid groups (broad SMARTS) is 1. The van der Waals surface area contributed by atoms with Gasteiger partial charge in [0.05, 0.1) is 17.8 Å². The van der Waals surface area contributed by atoms with Crippen LogP contribution in [0.4, 0.5) is 14.5 Å². The fraction of sp³-hybridized carbons (Fsp3) is 0.0833. The largest absolute Gasteiger partial charge is 0.478 e. The summed E-state index contributed by atoms with van der Waals surface area (Å²) in [4.78, 5) is 11.7. The molecule has 0 aliphatic heterocycles. The Morgan fingerprint density at radius 1 is 1.37 bits per heavy atom. The minimum absolute atomic E-state index is 0.0425. The lowest BCUT2D eigenvalue weighted by Gasteiger charge is -2.08. The van der Waals surface area contributed by atoms with E-state index in [0.717, 1.165) is 15.4 Å². The third-order valence-corrected chi connectivity index (χ3v) is 4.34. The number of thiophene rings is 1. The number of aromatic carboxylic acids is 1. The number of carboxylic acids is 1. The van der Waals surface area contributed by atoms with E-state index in [1.807, 2.05) is 11.4 Å². The molecule has 0 aliphatic rings. The predicted octanol–water partition coefficient (Wildman–Crippen LogP) is 4.10. The van der Waals surface area contributed by atoms with E-state index < -0.39 is 23.2 Å². The van der Waals surface area contributed by atoms with Crippen LogP contribution < -0.4 is 5.32 Å². The van der Waals surface area contributed by atoms with Crippen molar-refractivity contribution in [2.45, 2.75) is 6.54 Å². The number of hydrogen-bond donors (Lipinski definition) is 2. The Hall–Kier alpha value is -1.47. The normalized spacial score (nSPS) is 10.5. The van der Waals surface area contributed by atoms with Gasteiger partial charge in [-0.1, -0.05) is 0 Å². The first-order chi connectivity index (χ1) is 8.99. The molecule has 0 unspecified atom stereocenters. The maximum Gasteiger partial charge on any atom is 0.338 e. The van der Waals surface area contributed by atoms with Crippen molar-refractivity contribution in [1.82, 2.24) is 0 Å². The summed E-state index contributed by atoms with van der Waals surface area (Å²) >= 11 is 4.80. The van der Waals surface area contributed by atoms with Crippen molar-refractivity contribution in [3.8, 4) is 0 Å². The van der Waals surface area contributed by atoms with Crippen LogP contribution in [0.3, 0.4) is 0 Å². The molecule has 0 radical (unpaired) electrons. The van der Waals surface area contributed by atoms with E-state index in [4.69, 9.17) is 5.11 Å². The molecule has 0 saturated heterocycles. The van der Waals surface area contributed by atoms with Crippen LogP contribution in [0, 0.1) is 11.6 Å². The summed E-state index contributed by atoms with van der Waals surface area (Å²) in [7, 11) is 0. The quantitative estimate of drug-likeness (QED) is 0.875. The van der Waals surface area contributed by atoms with Crippen molar-refractivity contribution in [3.05, 3.63) is 50.1 Å². The third-order valence-electron chi connectivity index (χ3n) is 2.42. The number of halogens is 3. The zero-order valence-corrected chi connectivity index (χ0v) is 11.8. The molecule has 1 aromatic carbocycles. The van der Waals surface area contributed by atoms with E-state index in [1.54, 1.807) is 0 Å². The molecule has 7 heteroatoms. The Kier molecular flexibility index (Phi) is 4.16. The summed E-state index contributed by atoms with van der Waals surface area (Å²) in [5.41, 5.74) is -0.603. The zero-order valence-electron chi connectivity index (χ0n) is 9.41. The topological polar surface area (TPSA) is 49.3 Å². The molecule has 2 N–H and O–H groups in total. The number of rotatable bonds is 4. The van der Waals surface area contributed by atoms with Gasteiger partial charge in [0.2, 0.25) is 0 Å². The molecular formula is C12H8BrF2NO2S. The van der Waals surface area contributed by atoms with Gasteiger partial charge in [-0.15, -0.1) is 11.3 Å². The lowest BCUT2D eigenvalue weighted by molar-refractivity contribution is 0.0692. The Balaban J connectivity index is 2.23. The highest BCUT2D eigenvalue weighted by atomic mass is 79.9. The van der Waals surface area contributed by atoms with Crippen molar-refractivity contribution in [2.75, 3.05) is 5.32 Å². The molecule has 1 aromatic heterocycles. The van der Waals surface area contributed by atoms with E-state index >= 15 is 0 Å². The molecule has 100 valence electrons. The lowest BCUT2D eigenvalue weighted by atomic mass is 10.2. The van der Waals surface area contributed by atoms with Crippen LogP contribution >= 0.6 is 27.3 Å². The highest BCUT2D eigenvalue weighted by Crippen LogP contribution is 2.25. The minimum Gasteiger partial charge on any atom is -0.478 e. The summed E-state index contributed by atoms with van der Waals surface area (Å²) in [5.74, 6) is -3.35. The second kappa shape index (κ2) is 5.66. The van der Waals surface area contributed by atoms with Gasteiger partial charge in [-0.25, -0.2) is 13.6 Å². The van der Waals surface area contributed by atoms with E-state index in [-0.39, 0.29) is 5.69 Å². The van der Waals surface area contributed by atoms with E-state index in [1.165, 1.54) is 11.3 Å². The van der Waals surface area contributed by atoms with Crippen LogP contribution in [0.5, 0.6) is 0 Å². The van der Waals surface area contributed by atoms with Gasteiger partial charge in [0.25, 0.3) is 0 Å². The molecule has 3 nitrogen and oxygen atoms in total. The van der Waals surface area contributed by atoms with Crippen molar-refractivity contribution in [1.29, 1.82) is 0 Å². The molecular weight excluding hydrogens is 340 g/mol. The molecule has 1 heterocycles. The number of benzene rings is 1. The maximum atomic E-state index is 13.5. The average Bonchev–Trinajstić information content (AvgIpc) is 2.73. The van der Waals surface area contributed by atoms with Gasteiger partial charge < -0.3 is 10.4 Å². The monoisotopic (exact) mass is 347 g/mol. The van der Waals surface area contributed by atoms with Crippen LogP contribution in [0.2, 0.25) is 0 Å². The SMILES string of the molecule is O=C(O)c1cc(NCc2sccc2Br)c(F)cc1F. The average molecular weight is 348 g/mol. The summed E-state index contributed by atoms with van der Waals surface area (Å²) < 4.78 is 27.6. The van der Waals surface area contributed by atoms with Crippen molar-refractivity contribution < 1.29 is 18.7 Å². The minimum atomic E-state index is -1.43. The molecule has 0 saturated carbocycles. The summed E-state index contributed by atoms with van der Waals surface area (Å²) in [6.07, 6.45) is 0. The molecule has 0 atom stereocenters. The molecule has 0 bridgehead atoms. The first kappa shape index (κ1) is 14.0. The molecule has 2 aromatic rings. The Bertz CT molecular complexity index is 630. The van der Waals surface area contributed by atoms with Gasteiger partial charge in [-0.2, -0.15) is 0 Å². The fourth-order valence-electron chi connectivity index (χ4n) is 1.48. The Morgan fingerprint density at radius 3 is 2.68 bits per heavy atom. The molecule has 0 aliphatic carbocycles. The molecule has 0 fully saturated rings. The predicted molar refractivity (Wildman–Crippen MR) is 72.7 cm³/mol. The number of nitrogens with one attached hydrogen (secondary N) is 1. The van der Waals surface area contributed by atoms with Crippen LogP contribution in [0.25, 0.3) is 0 Å². The first-order valence-corrected chi connectivity index (χ1v) is 6.84. The smallest absolute Gasteiger partial charge is 0.338 e. The molecule has 19 heavy (non-hydrogen) atoms. The Labute approximate surface area is 120 Å². The number of anilines is 1. The highest BCUT2D eigenvalue weighted by Gasteiger charge is 2.15. The standard InChI is InChI=1S/C12H8BrF2NO2S/c13-7-1-2-19-11(7)5-16-10-3-6(12(17)18)8(14)4-9(10)15/h1-4,16H,5H2,(H,17,18). The molecule has 2 rings (SSSR count). The van der Waals surface area contributed by atoms with Crippen LogP contribution in [0.1, 0.15) is 15.2 Å². The Morgan fingerprint density at radius 2 is 2.11 bits per heavy atom. The van der Waals surface area contributed by atoms with Gasteiger partial charge >= 0.3 is 5.97 Å². The van der Waals surface area contributed by atoms with Gasteiger partial charge in [0.15, 0.2) is 0 Å². The van der Waals surface area contributed by atoms with Crippen molar-refractivity contribution in [3.63, 3.8) is 0 Å². The van der Waals surface area contributed by atoms with E-state index in [0.29, 0.717) is 12.6 Å². The first-order valence-electron chi connectivity index (χ1n) is 5.17. The van der Waals surface area contributed by atoms with Gasteiger partial charge in [-0.05, 0) is 33.4 Å². The van der Waals surface area contributed by atoms with Crippen LogP contribution in [-0.2, 0) is 6.54 Å². The van der Waals surface area contributed by atoms with Gasteiger partial charge in [0.1, 0.15) is 11.6 Å². The highest BCUT2D eigenvalue weighted by molar-refractivity contribution is 9.10. The molecule has 0 amide bonds. The lowest BCUT2D eigenvalue weighted by Crippen LogP contribution is -2.06. The van der Waals surface area contributed by atoms with E-state index in [2.05, 4.69) is 21.2 Å². The summed E-state index contributed by atoms with van der Waals surface area (Å²) in [6, 6.07) is 3.37. The second-order valence-corrected chi connectivity index (χ2v) is 5.52. The van der Waals surface area contributed by atoms with Gasteiger partial charge in [-0.3, -0.25) is 0 Å². The van der Waals surface area contributed by atoms with Crippen LogP contribution in [-0.4, -0.2) is 11.1 Å². The summed E-state index contributed by atoms with van der Waals surface area (Å²) in [5, 5.41) is 13.4. The number of hydrogen-bond acceptors (Lipinski definition) is 3. The molecule has 0 spiro atoms. The fourth-order valence-corrected chi connectivity index (χ4v) is 2.91. The second-order valence-electron chi connectivity index (χ2n) is 3.66. The van der Waals surface area contributed by atoms with Crippen molar-refractivity contribution >= 4 is 38.9 Å². The van der Waals surface area contributed by atoms with Crippen LogP contribution in [0.15, 0.2) is 28.1 Å². The zero-order chi connectivity index (χ0) is 14.0.